The minimum absolute atomic E-state index is 0.298. The number of hydrogen-bond donors (Lipinski definition) is 0. The Labute approximate surface area is 144 Å². The molecular weight excluding hydrogens is 321 g/mol. The molecule has 1 saturated heterocycles. The summed E-state index contributed by atoms with van der Waals surface area (Å²) in [7, 11) is 2.09. The summed E-state index contributed by atoms with van der Waals surface area (Å²) in [5, 5.41) is 4.26. The Morgan fingerprint density at radius 1 is 1.12 bits per heavy atom. The minimum atomic E-state index is -0.298. The molecule has 1 fully saturated rings. The van der Waals surface area contributed by atoms with E-state index in [4.69, 9.17) is 0 Å². The second-order valence-corrected chi connectivity index (χ2v) is 6.28. The molecule has 1 aromatic carbocycles. The van der Waals surface area contributed by atoms with Crippen molar-refractivity contribution in [2.45, 2.75) is 0 Å². The number of benzene rings is 1. The van der Waals surface area contributed by atoms with Crippen LogP contribution in [-0.4, -0.2) is 59.0 Å². The highest BCUT2D eigenvalue weighted by Gasteiger charge is 2.17. The molecule has 2 aromatic heterocycles. The first-order valence-corrected chi connectivity index (χ1v) is 8.18. The summed E-state index contributed by atoms with van der Waals surface area (Å²) in [6, 6.07) is 8.31. The molecule has 1 aliphatic heterocycles. The Bertz CT molecular complexity index is 930. The van der Waals surface area contributed by atoms with Crippen molar-refractivity contribution in [3.05, 3.63) is 48.0 Å². The van der Waals surface area contributed by atoms with Gasteiger partial charge in [-0.1, -0.05) is 0 Å². The van der Waals surface area contributed by atoms with Gasteiger partial charge in [0, 0.05) is 37.4 Å². The van der Waals surface area contributed by atoms with Gasteiger partial charge in [-0.3, -0.25) is 4.79 Å². The first-order valence-electron chi connectivity index (χ1n) is 8.18. The lowest BCUT2D eigenvalue weighted by atomic mass is 10.1. The Kier molecular flexibility index (Phi) is 3.93. The number of carbonyl (C=O) groups is 1. The van der Waals surface area contributed by atoms with Crippen molar-refractivity contribution in [3.8, 4) is 11.3 Å². The lowest BCUT2D eigenvalue weighted by molar-refractivity contribution is 0.111. The highest BCUT2D eigenvalue weighted by atomic mass is 19.1. The fraction of sp³-hybridized carbons (Fsp3) is 0.278. The van der Waals surface area contributed by atoms with E-state index in [0.29, 0.717) is 28.9 Å². The summed E-state index contributed by atoms with van der Waals surface area (Å²) in [6.07, 6.45) is 2.34. The van der Waals surface area contributed by atoms with Crippen molar-refractivity contribution in [1.29, 1.82) is 0 Å². The van der Waals surface area contributed by atoms with Crippen LogP contribution in [0.15, 0.2) is 36.5 Å². The molecule has 7 heteroatoms. The molecule has 0 unspecified atom stereocenters. The highest BCUT2D eigenvalue weighted by molar-refractivity contribution is 5.73. The summed E-state index contributed by atoms with van der Waals surface area (Å²) in [6.45, 7) is 3.62. The molecule has 4 rings (SSSR count). The minimum Gasteiger partial charge on any atom is -0.369 e. The zero-order valence-electron chi connectivity index (χ0n) is 13.9. The number of likely N-dealkylation sites (N-methyl/N-ethyl adjacent to an activating group) is 1. The van der Waals surface area contributed by atoms with Gasteiger partial charge in [0.05, 0.1) is 11.9 Å². The fourth-order valence-electron chi connectivity index (χ4n) is 3.12. The largest absolute Gasteiger partial charge is 0.369 e. The van der Waals surface area contributed by atoms with E-state index in [1.807, 2.05) is 6.07 Å². The third-order valence-electron chi connectivity index (χ3n) is 4.55. The van der Waals surface area contributed by atoms with E-state index in [1.165, 1.54) is 6.07 Å². The molecule has 25 heavy (non-hydrogen) atoms. The number of hydrogen-bond acceptors (Lipinski definition) is 5. The summed E-state index contributed by atoms with van der Waals surface area (Å²) in [5.74, 6) is -0.298. The quantitative estimate of drug-likeness (QED) is 0.684. The van der Waals surface area contributed by atoms with Crippen LogP contribution >= 0.6 is 0 Å². The molecular formula is C18H18FN5O. The maximum atomic E-state index is 14.3. The number of fused-ring (bicyclic) bond motifs is 1. The molecule has 0 amide bonds. The summed E-state index contributed by atoms with van der Waals surface area (Å²) in [4.78, 5) is 19.7. The molecule has 0 saturated carbocycles. The van der Waals surface area contributed by atoms with Gasteiger partial charge >= 0.3 is 0 Å². The zero-order valence-corrected chi connectivity index (χ0v) is 13.9. The predicted octanol–water partition coefficient (Wildman–Crippen LogP) is 2.10. The smallest absolute Gasteiger partial charge is 0.170 e. The monoisotopic (exact) mass is 339 g/mol. The average molecular weight is 339 g/mol. The Hall–Kier alpha value is -2.80. The Morgan fingerprint density at radius 3 is 2.68 bits per heavy atom. The number of imidazole rings is 1. The van der Waals surface area contributed by atoms with Gasteiger partial charge in [0.1, 0.15) is 11.5 Å². The third-order valence-corrected chi connectivity index (χ3v) is 4.55. The third kappa shape index (κ3) is 2.98. The molecule has 3 heterocycles. The molecule has 0 bridgehead atoms. The number of piperazine rings is 1. The maximum Gasteiger partial charge on any atom is 0.170 e. The van der Waals surface area contributed by atoms with Crippen molar-refractivity contribution < 1.29 is 9.18 Å². The second-order valence-electron chi connectivity index (χ2n) is 6.28. The van der Waals surface area contributed by atoms with Crippen LogP contribution in [0.2, 0.25) is 0 Å². The van der Waals surface area contributed by atoms with Crippen LogP contribution in [0.5, 0.6) is 0 Å². The van der Waals surface area contributed by atoms with Gasteiger partial charge in [-0.15, -0.1) is 0 Å². The lowest BCUT2D eigenvalue weighted by Gasteiger charge is -2.34. The molecule has 128 valence electrons. The number of aldehydes is 1. The van der Waals surface area contributed by atoms with Crippen LogP contribution in [0.4, 0.5) is 10.1 Å². The van der Waals surface area contributed by atoms with Gasteiger partial charge in [-0.2, -0.15) is 5.10 Å². The molecule has 0 aliphatic carbocycles. The number of carbonyl (C=O) groups excluding carboxylic acids is 1. The van der Waals surface area contributed by atoms with E-state index >= 15 is 0 Å². The summed E-state index contributed by atoms with van der Waals surface area (Å²) < 4.78 is 15.8. The van der Waals surface area contributed by atoms with Crippen LogP contribution in [0, 0.1) is 5.82 Å². The van der Waals surface area contributed by atoms with Crippen LogP contribution in [-0.2, 0) is 0 Å². The van der Waals surface area contributed by atoms with Crippen molar-refractivity contribution >= 4 is 17.6 Å². The highest BCUT2D eigenvalue weighted by Crippen LogP contribution is 2.27. The number of rotatable bonds is 3. The van der Waals surface area contributed by atoms with Crippen LogP contribution < -0.4 is 4.90 Å². The number of halogens is 1. The first-order chi connectivity index (χ1) is 12.1. The van der Waals surface area contributed by atoms with E-state index in [9.17, 15) is 9.18 Å². The second kappa shape index (κ2) is 6.25. The van der Waals surface area contributed by atoms with E-state index in [-0.39, 0.29) is 5.82 Å². The fourth-order valence-corrected chi connectivity index (χ4v) is 3.12. The van der Waals surface area contributed by atoms with Crippen molar-refractivity contribution in [2.24, 2.45) is 0 Å². The van der Waals surface area contributed by atoms with Gasteiger partial charge < -0.3 is 9.80 Å². The van der Waals surface area contributed by atoms with Crippen molar-refractivity contribution in [3.63, 3.8) is 0 Å². The number of nitrogens with zero attached hydrogens (tertiary/aromatic N) is 5. The van der Waals surface area contributed by atoms with E-state index in [0.717, 1.165) is 31.9 Å². The SMILES string of the molecule is CN1CCN(c2cc(F)cc(-c3cnc4ccc(C=O)nn34)c2)CC1. The van der Waals surface area contributed by atoms with Crippen molar-refractivity contribution in [2.75, 3.05) is 38.1 Å². The molecule has 6 nitrogen and oxygen atoms in total. The maximum absolute atomic E-state index is 14.3. The molecule has 1 aliphatic rings. The van der Waals surface area contributed by atoms with E-state index in [1.54, 1.807) is 28.9 Å². The zero-order chi connectivity index (χ0) is 17.4. The first kappa shape index (κ1) is 15.7. The van der Waals surface area contributed by atoms with Crippen molar-refractivity contribution in [1.82, 2.24) is 19.5 Å². The van der Waals surface area contributed by atoms with Gasteiger partial charge in [0.15, 0.2) is 11.9 Å². The molecule has 0 spiro atoms. The topological polar surface area (TPSA) is 53.7 Å². The van der Waals surface area contributed by atoms with Gasteiger partial charge in [-0.05, 0) is 37.4 Å². The standard InChI is InChI=1S/C18H18FN5O/c1-22-4-6-23(7-5-22)16-9-13(8-14(19)10-16)17-11-20-18-3-2-15(12-25)21-24(17)18/h2-3,8-12H,4-7H2,1H3. The normalized spacial score (nSPS) is 15.7. The predicted molar refractivity (Wildman–Crippen MR) is 93.5 cm³/mol. The van der Waals surface area contributed by atoms with Crippen LogP contribution in [0.1, 0.15) is 10.5 Å². The molecule has 0 atom stereocenters. The van der Waals surface area contributed by atoms with Gasteiger partial charge in [0.2, 0.25) is 0 Å². The van der Waals surface area contributed by atoms with E-state index in [2.05, 4.69) is 26.9 Å². The molecule has 0 radical (unpaired) electrons. The summed E-state index contributed by atoms with van der Waals surface area (Å²) in [5.41, 5.74) is 3.13. The van der Waals surface area contributed by atoms with Crippen LogP contribution in [0.3, 0.4) is 0 Å². The molecule has 0 N–H and O–H groups in total. The van der Waals surface area contributed by atoms with E-state index < -0.39 is 0 Å². The average Bonchev–Trinajstić information content (AvgIpc) is 3.04. The van der Waals surface area contributed by atoms with Gasteiger partial charge in [-0.25, -0.2) is 13.9 Å². The lowest BCUT2D eigenvalue weighted by Crippen LogP contribution is -2.44. The Morgan fingerprint density at radius 2 is 1.92 bits per heavy atom. The number of aromatic nitrogens is 3. The molecule has 3 aromatic rings. The number of anilines is 1. The van der Waals surface area contributed by atoms with Gasteiger partial charge in [0.25, 0.3) is 0 Å². The Balaban J connectivity index is 1.77. The van der Waals surface area contributed by atoms with Crippen LogP contribution in [0.25, 0.3) is 16.9 Å². The summed E-state index contributed by atoms with van der Waals surface area (Å²) >= 11 is 0.